The molecule has 0 saturated heterocycles. The average molecular weight is 224 g/mol. The highest BCUT2D eigenvalue weighted by atomic mass is 16.3. The van der Waals surface area contributed by atoms with Gasteiger partial charge < -0.3 is 10.2 Å². The van der Waals surface area contributed by atoms with Gasteiger partial charge in [0.25, 0.3) is 0 Å². The summed E-state index contributed by atoms with van der Waals surface area (Å²) in [5.41, 5.74) is 6.86. The molecule has 92 valence electrons. The lowest BCUT2D eigenvalue weighted by Crippen LogP contribution is -2.28. The molecule has 1 aromatic heterocycles. The second kappa shape index (κ2) is 6.71. The Morgan fingerprint density at radius 3 is 2.75 bits per heavy atom. The largest absolute Gasteiger partial charge is 0.468 e. The van der Waals surface area contributed by atoms with Gasteiger partial charge in [-0.1, -0.05) is 27.2 Å². The lowest BCUT2D eigenvalue weighted by Gasteiger charge is -2.23. The first-order chi connectivity index (χ1) is 7.71. The van der Waals surface area contributed by atoms with Crippen LogP contribution < -0.4 is 5.73 Å². The minimum atomic E-state index is 0.489. The normalized spacial score (nSPS) is 13.3. The van der Waals surface area contributed by atoms with Crippen molar-refractivity contribution < 1.29 is 4.42 Å². The van der Waals surface area contributed by atoms with E-state index in [9.17, 15) is 0 Å². The zero-order valence-electron chi connectivity index (χ0n) is 10.7. The molecule has 2 N–H and O–H groups in total. The van der Waals surface area contributed by atoms with Gasteiger partial charge in [0, 0.05) is 18.7 Å². The molecule has 1 unspecified atom stereocenters. The van der Waals surface area contributed by atoms with Gasteiger partial charge in [-0.05, 0) is 18.5 Å². The van der Waals surface area contributed by atoms with Crippen LogP contribution >= 0.6 is 0 Å². The molecule has 1 aromatic rings. The van der Waals surface area contributed by atoms with Crippen molar-refractivity contribution in [3.05, 3.63) is 23.7 Å². The van der Waals surface area contributed by atoms with Crippen molar-refractivity contribution in [3.63, 3.8) is 0 Å². The molecule has 1 heterocycles. The maximum absolute atomic E-state index is 5.63. The van der Waals surface area contributed by atoms with Crippen molar-refractivity contribution in [2.75, 3.05) is 13.1 Å². The quantitative estimate of drug-likeness (QED) is 0.774. The minimum Gasteiger partial charge on any atom is -0.468 e. The molecule has 0 amide bonds. The molecule has 1 rings (SSSR count). The van der Waals surface area contributed by atoms with E-state index in [2.05, 4.69) is 25.7 Å². The van der Waals surface area contributed by atoms with Crippen LogP contribution in [-0.4, -0.2) is 18.0 Å². The molecule has 0 aliphatic carbocycles. The Labute approximate surface area is 98.6 Å². The van der Waals surface area contributed by atoms with E-state index in [0.717, 1.165) is 31.3 Å². The highest BCUT2D eigenvalue weighted by Crippen LogP contribution is 2.14. The molecule has 0 saturated carbocycles. The first-order valence-electron chi connectivity index (χ1n) is 6.18. The van der Waals surface area contributed by atoms with Crippen LogP contribution in [0.15, 0.2) is 16.7 Å². The molecule has 3 nitrogen and oxygen atoms in total. The van der Waals surface area contributed by atoms with Crippen LogP contribution in [0.25, 0.3) is 0 Å². The minimum absolute atomic E-state index is 0.489. The molecule has 3 heteroatoms. The first kappa shape index (κ1) is 13.3. The summed E-state index contributed by atoms with van der Waals surface area (Å²) in [6.45, 7) is 10.4. The summed E-state index contributed by atoms with van der Waals surface area (Å²) >= 11 is 0. The Morgan fingerprint density at radius 2 is 2.19 bits per heavy atom. The van der Waals surface area contributed by atoms with Gasteiger partial charge >= 0.3 is 0 Å². The lowest BCUT2D eigenvalue weighted by molar-refractivity contribution is 0.236. The van der Waals surface area contributed by atoms with Crippen LogP contribution in [0.2, 0.25) is 0 Å². The summed E-state index contributed by atoms with van der Waals surface area (Å²) in [5.74, 6) is 1.66. The number of nitrogens with zero attached hydrogens (tertiary/aromatic N) is 1. The number of furan rings is 1. The van der Waals surface area contributed by atoms with Gasteiger partial charge in [0.2, 0.25) is 0 Å². The topological polar surface area (TPSA) is 42.4 Å². The van der Waals surface area contributed by atoms with E-state index in [1.165, 1.54) is 12.0 Å². The number of hydrogen-bond acceptors (Lipinski definition) is 3. The molecule has 0 fully saturated rings. The Kier molecular flexibility index (Phi) is 5.56. The SMILES string of the molecule is CCC(C)CN(CC)Cc1ccoc1CN. The van der Waals surface area contributed by atoms with Crippen molar-refractivity contribution in [2.24, 2.45) is 11.7 Å². The second-order valence-electron chi connectivity index (χ2n) is 4.41. The van der Waals surface area contributed by atoms with Crippen LogP contribution in [0, 0.1) is 5.92 Å². The van der Waals surface area contributed by atoms with Crippen molar-refractivity contribution >= 4 is 0 Å². The van der Waals surface area contributed by atoms with Gasteiger partial charge in [0.15, 0.2) is 0 Å². The molecule has 0 spiro atoms. The molecule has 0 bridgehead atoms. The fourth-order valence-corrected chi connectivity index (χ4v) is 1.80. The van der Waals surface area contributed by atoms with Gasteiger partial charge in [-0.3, -0.25) is 4.90 Å². The highest BCUT2D eigenvalue weighted by Gasteiger charge is 2.11. The summed E-state index contributed by atoms with van der Waals surface area (Å²) in [5, 5.41) is 0. The molecule has 0 aliphatic heterocycles. The predicted octanol–water partition coefficient (Wildman–Crippen LogP) is 2.61. The van der Waals surface area contributed by atoms with Gasteiger partial charge in [-0.25, -0.2) is 0 Å². The maximum Gasteiger partial charge on any atom is 0.121 e. The molecule has 16 heavy (non-hydrogen) atoms. The number of nitrogens with two attached hydrogens (primary N) is 1. The Hall–Kier alpha value is -0.800. The highest BCUT2D eigenvalue weighted by molar-refractivity contribution is 5.16. The molecule has 0 aromatic carbocycles. The maximum atomic E-state index is 5.63. The second-order valence-corrected chi connectivity index (χ2v) is 4.41. The third-order valence-corrected chi connectivity index (χ3v) is 3.13. The summed E-state index contributed by atoms with van der Waals surface area (Å²) in [6.07, 6.45) is 2.96. The molecule has 0 radical (unpaired) electrons. The van der Waals surface area contributed by atoms with E-state index in [0.29, 0.717) is 6.54 Å². The van der Waals surface area contributed by atoms with Crippen LogP contribution in [0.4, 0.5) is 0 Å². The fraction of sp³-hybridized carbons (Fsp3) is 0.692. The smallest absolute Gasteiger partial charge is 0.121 e. The van der Waals surface area contributed by atoms with Gasteiger partial charge in [0.05, 0.1) is 12.8 Å². The van der Waals surface area contributed by atoms with E-state index in [1.807, 2.05) is 6.07 Å². The van der Waals surface area contributed by atoms with Crippen LogP contribution in [-0.2, 0) is 13.1 Å². The lowest BCUT2D eigenvalue weighted by atomic mass is 10.1. The van der Waals surface area contributed by atoms with Crippen LogP contribution in [0.3, 0.4) is 0 Å². The predicted molar refractivity (Wildman–Crippen MR) is 67.0 cm³/mol. The van der Waals surface area contributed by atoms with Gasteiger partial charge in [0.1, 0.15) is 5.76 Å². The third kappa shape index (κ3) is 3.65. The van der Waals surface area contributed by atoms with Crippen molar-refractivity contribution in [1.82, 2.24) is 4.90 Å². The number of rotatable bonds is 7. The summed E-state index contributed by atoms with van der Waals surface area (Å²) < 4.78 is 5.34. The van der Waals surface area contributed by atoms with Crippen molar-refractivity contribution in [3.8, 4) is 0 Å². The van der Waals surface area contributed by atoms with E-state index in [1.54, 1.807) is 6.26 Å². The monoisotopic (exact) mass is 224 g/mol. The first-order valence-corrected chi connectivity index (χ1v) is 6.18. The molecule has 0 aliphatic rings. The molecular weight excluding hydrogens is 200 g/mol. The summed E-state index contributed by atoms with van der Waals surface area (Å²) in [6, 6.07) is 2.03. The molecular formula is C13H24N2O. The summed E-state index contributed by atoms with van der Waals surface area (Å²) in [4.78, 5) is 2.44. The third-order valence-electron chi connectivity index (χ3n) is 3.13. The standard InChI is InChI=1S/C13H24N2O/c1-4-11(3)9-15(5-2)10-12-6-7-16-13(12)8-14/h6-7,11H,4-5,8-10,14H2,1-3H3. The van der Waals surface area contributed by atoms with Gasteiger partial charge in [-0.2, -0.15) is 0 Å². The Balaban J connectivity index is 2.56. The number of hydrogen-bond donors (Lipinski definition) is 1. The average Bonchev–Trinajstić information content (AvgIpc) is 2.75. The fourth-order valence-electron chi connectivity index (χ4n) is 1.80. The zero-order valence-corrected chi connectivity index (χ0v) is 10.7. The van der Waals surface area contributed by atoms with Crippen molar-refractivity contribution in [2.45, 2.75) is 40.3 Å². The van der Waals surface area contributed by atoms with Crippen LogP contribution in [0.5, 0.6) is 0 Å². The van der Waals surface area contributed by atoms with E-state index >= 15 is 0 Å². The van der Waals surface area contributed by atoms with Crippen molar-refractivity contribution in [1.29, 1.82) is 0 Å². The van der Waals surface area contributed by atoms with Gasteiger partial charge in [-0.15, -0.1) is 0 Å². The summed E-state index contributed by atoms with van der Waals surface area (Å²) in [7, 11) is 0. The van der Waals surface area contributed by atoms with E-state index in [-0.39, 0.29) is 0 Å². The Bertz CT molecular complexity index is 296. The Morgan fingerprint density at radius 1 is 1.44 bits per heavy atom. The zero-order chi connectivity index (χ0) is 12.0. The van der Waals surface area contributed by atoms with Crippen LogP contribution in [0.1, 0.15) is 38.5 Å². The molecule has 1 atom stereocenters. The van der Waals surface area contributed by atoms with E-state index in [4.69, 9.17) is 10.2 Å². The van der Waals surface area contributed by atoms with E-state index < -0.39 is 0 Å².